The molecule has 2 rings (SSSR count). The summed E-state index contributed by atoms with van der Waals surface area (Å²) >= 11 is 0. The fourth-order valence-electron chi connectivity index (χ4n) is 0.800. The number of aromatic amines is 1. The molecule has 2 heterocycles. The van der Waals surface area contributed by atoms with Crippen molar-refractivity contribution in [2.24, 2.45) is 4.99 Å². The second kappa shape index (κ2) is 1.70. The molecule has 0 unspecified atom stereocenters. The summed E-state index contributed by atoms with van der Waals surface area (Å²) in [5.74, 6) is 0. The molecule has 0 aromatic carbocycles. The molecule has 0 spiro atoms. The molecule has 4 nitrogen and oxygen atoms in total. The number of aliphatic imine (C=N–C) groups is 1. The van der Waals surface area contributed by atoms with E-state index in [4.69, 9.17) is 4.42 Å². The minimum atomic E-state index is 0.307. The van der Waals surface area contributed by atoms with Crippen LogP contribution in [0.1, 0.15) is 0 Å². The average Bonchev–Trinajstić information content (AvgIpc) is 2.42. The van der Waals surface area contributed by atoms with Gasteiger partial charge in [0, 0.05) is 6.20 Å². The van der Waals surface area contributed by atoms with Gasteiger partial charge in [-0.1, -0.05) is 0 Å². The normalized spacial score (nSPS) is 10.4. The second-order valence-corrected chi connectivity index (χ2v) is 1.85. The van der Waals surface area contributed by atoms with Crippen molar-refractivity contribution in [3.8, 4) is 0 Å². The van der Waals surface area contributed by atoms with Crippen molar-refractivity contribution < 1.29 is 4.42 Å². The number of oxazole rings is 1. The Labute approximate surface area is 56.6 Å². The predicted octanol–water partition coefficient (Wildman–Crippen LogP) is 1.49. The summed E-state index contributed by atoms with van der Waals surface area (Å²) < 4.78 is 5.06. The maximum absolute atomic E-state index is 5.06. The van der Waals surface area contributed by atoms with Crippen LogP contribution in [0, 0.1) is 0 Å². The molecule has 0 saturated carbocycles. The van der Waals surface area contributed by atoms with E-state index < -0.39 is 0 Å². The molecule has 0 aliphatic carbocycles. The Hall–Kier alpha value is -1.58. The Morgan fingerprint density at radius 1 is 1.70 bits per heavy atom. The van der Waals surface area contributed by atoms with E-state index in [0.717, 1.165) is 5.52 Å². The average molecular weight is 135 g/mol. The van der Waals surface area contributed by atoms with E-state index in [9.17, 15) is 0 Å². The number of hydrogen-bond donors (Lipinski definition) is 1. The van der Waals surface area contributed by atoms with Gasteiger partial charge < -0.3 is 9.40 Å². The number of fused-ring (bicyclic) bond motifs is 1. The van der Waals surface area contributed by atoms with Gasteiger partial charge in [0.2, 0.25) is 5.71 Å². The third-order valence-corrected chi connectivity index (χ3v) is 1.23. The van der Waals surface area contributed by atoms with E-state index in [-0.39, 0.29) is 0 Å². The monoisotopic (exact) mass is 135 g/mol. The maximum Gasteiger partial charge on any atom is 0.323 e. The van der Waals surface area contributed by atoms with E-state index in [1.807, 2.05) is 6.07 Å². The Kier molecular flexibility index (Phi) is 0.887. The Balaban J connectivity index is 2.78. The predicted molar refractivity (Wildman–Crippen MR) is 37.6 cm³/mol. The van der Waals surface area contributed by atoms with Crippen molar-refractivity contribution in [1.29, 1.82) is 0 Å². The number of H-pyrrole nitrogens is 1. The van der Waals surface area contributed by atoms with Crippen molar-refractivity contribution in [3.05, 3.63) is 12.3 Å². The summed E-state index contributed by atoms with van der Waals surface area (Å²) in [6.07, 6.45) is 1.76. The van der Waals surface area contributed by atoms with E-state index in [1.54, 1.807) is 6.20 Å². The summed E-state index contributed by atoms with van der Waals surface area (Å²) in [6.45, 7) is 3.29. The van der Waals surface area contributed by atoms with Crippen molar-refractivity contribution in [2.45, 2.75) is 0 Å². The van der Waals surface area contributed by atoms with Gasteiger partial charge in [-0.25, -0.2) is 4.99 Å². The van der Waals surface area contributed by atoms with Crippen LogP contribution >= 0.6 is 0 Å². The molecule has 0 amide bonds. The molecule has 50 valence electrons. The third-order valence-electron chi connectivity index (χ3n) is 1.23. The van der Waals surface area contributed by atoms with Gasteiger partial charge in [0.15, 0.2) is 0 Å². The van der Waals surface area contributed by atoms with E-state index in [1.165, 1.54) is 0 Å². The van der Waals surface area contributed by atoms with Crippen LogP contribution in [0.5, 0.6) is 0 Å². The van der Waals surface area contributed by atoms with Crippen molar-refractivity contribution in [1.82, 2.24) is 9.97 Å². The molecule has 0 atom stereocenters. The molecule has 0 aliphatic heterocycles. The number of nitrogens with one attached hydrogen (secondary N) is 1. The standard InChI is InChI=1S/C6H5N3O/c1-7-6-9-4-2-3-8-5(4)10-6/h2-3,8H,1H2. The smallest absolute Gasteiger partial charge is 0.323 e. The SMILES string of the molecule is C=Nc1nc2cc[nH]c2o1. The topological polar surface area (TPSA) is 54.2 Å². The number of nitrogens with zero attached hydrogens (tertiary/aromatic N) is 2. The number of rotatable bonds is 1. The van der Waals surface area contributed by atoms with Crippen LogP contribution in [-0.4, -0.2) is 16.7 Å². The molecule has 0 aliphatic rings. The van der Waals surface area contributed by atoms with Crippen LogP contribution in [0.2, 0.25) is 0 Å². The van der Waals surface area contributed by atoms with Gasteiger partial charge in [0.25, 0.3) is 0 Å². The number of aromatic nitrogens is 2. The molecular weight excluding hydrogens is 130 g/mol. The third kappa shape index (κ3) is 0.556. The van der Waals surface area contributed by atoms with Crippen LogP contribution in [0.3, 0.4) is 0 Å². The Morgan fingerprint density at radius 3 is 3.30 bits per heavy atom. The molecule has 4 heteroatoms. The molecule has 0 fully saturated rings. The first-order valence-corrected chi connectivity index (χ1v) is 2.81. The first kappa shape index (κ1) is 5.22. The van der Waals surface area contributed by atoms with Gasteiger partial charge in [-0.2, -0.15) is 4.98 Å². The van der Waals surface area contributed by atoms with Gasteiger partial charge in [0.05, 0.1) is 0 Å². The highest BCUT2D eigenvalue weighted by Gasteiger charge is 2.01. The molecule has 2 aromatic heterocycles. The van der Waals surface area contributed by atoms with Crippen LogP contribution in [-0.2, 0) is 0 Å². The Bertz CT molecular complexity index is 331. The minimum Gasteiger partial charge on any atom is -0.405 e. The lowest BCUT2D eigenvalue weighted by Gasteiger charge is -1.74. The van der Waals surface area contributed by atoms with Gasteiger partial charge in [-0.05, 0) is 12.8 Å². The number of hydrogen-bond acceptors (Lipinski definition) is 3. The zero-order valence-electron chi connectivity index (χ0n) is 5.16. The van der Waals surface area contributed by atoms with Crippen LogP contribution in [0.25, 0.3) is 11.2 Å². The molecular formula is C6H5N3O. The zero-order chi connectivity index (χ0) is 6.97. The highest BCUT2D eigenvalue weighted by Crippen LogP contribution is 2.17. The molecule has 0 radical (unpaired) electrons. The van der Waals surface area contributed by atoms with Crippen molar-refractivity contribution >= 4 is 24.0 Å². The van der Waals surface area contributed by atoms with Gasteiger partial charge >= 0.3 is 6.01 Å². The molecule has 2 aromatic rings. The van der Waals surface area contributed by atoms with Crippen LogP contribution in [0.4, 0.5) is 6.01 Å². The summed E-state index contributed by atoms with van der Waals surface area (Å²) in [6, 6.07) is 2.12. The summed E-state index contributed by atoms with van der Waals surface area (Å²) in [7, 11) is 0. The fourth-order valence-corrected chi connectivity index (χ4v) is 0.800. The first-order chi connectivity index (χ1) is 4.90. The first-order valence-electron chi connectivity index (χ1n) is 2.81. The lowest BCUT2D eigenvalue weighted by Crippen LogP contribution is -1.57. The lowest BCUT2D eigenvalue weighted by atomic mass is 10.6. The van der Waals surface area contributed by atoms with Crippen LogP contribution < -0.4 is 0 Å². The molecule has 0 saturated heterocycles. The van der Waals surface area contributed by atoms with Gasteiger partial charge in [-0.15, -0.1) is 0 Å². The fraction of sp³-hybridized carbons (Fsp3) is 0. The maximum atomic E-state index is 5.06. The summed E-state index contributed by atoms with van der Waals surface area (Å²) in [5, 5.41) is 0. The van der Waals surface area contributed by atoms with Gasteiger partial charge in [0.1, 0.15) is 5.52 Å². The van der Waals surface area contributed by atoms with Crippen LogP contribution in [0.15, 0.2) is 21.7 Å². The van der Waals surface area contributed by atoms with Gasteiger partial charge in [-0.3, -0.25) is 0 Å². The Morgan fingerprint density at radius 2 is 2.60 bits per heavy atom. The van der Waals surface area contributed by atoms with Crippen molar-refractivity contribution in [3.63, 3.8) is 0 Å². The molecule has 1 N–H and O–H groups in total. The second-order valence-electron chi connectivity index (χ2n) is 1.85. The lowest BCUT2D eigenvalue weighted by molar-refractivity contribution is 0.604. The highest BCUT2D eigenvalue weighted by molar-refractivity contribution is 5.70. The summed E-state index contributed by atoms with van der Waals surface area (Å²) in [4.78, 5) is 10.4. The van der Waals surface area contributed by atoms with E-state index in [2.05, 4.69) is 21.7 Å². The van der Waals surface area contributed by atoms with E-state index in [0.29, 0.717) is 11.7 Å². The zero-order valence-corrected chi connectivity index (χ0v) is 5.16. The summed E-state index contributed by atoms with van der Waals surface area (Å²) in [5.41, 5.74) is 1.42. The molecule has 0 bridgehead atoms. The quantitative estimate of drug-likeness (QED) is 0.602. The largest absolute Gasteiger partial charge is 0.405 e. The minimum absolute atomic E-state index is 0.307. The van der Waals surface area contributed by atoms with Crippen molar-refractivity contribution in [2.75, 3.05) is 0 Å². The van der Waals surface area contributed by atoms with E-state index >= 15 is 0 Å². The molecule has 10 heavy (non-hydrogen) atoms. The highest BCUT2D eigenvalue weighted by atomic mass is 16.4.